The van der Waals surface area contributed by atoms with E-state index in [0.29, 0.717) is 29.3 Å². The summed E-state index contributed by atoms with van der Waals surface area (Å²) in [4.78, 5) is 143. The molecule has 2 aromatic heterocycles. The van der Waals surface area contributed by atoms with Gasteiger partial charge in [0.2, 0.25) is 11.8 Å². The number of likely N-dealkylation sites (N-methyl/N-ethyl adjacent to an activating group) is 2. The van der Waals surface area contributed by atoms with Crippen LogP contribution in [0.2, 0.25) is 0 Å². The van der Waals surface area contributed by atoms with Gasteiger partial charge >= 0.3 is 23.9 Å². The molecule has 0 unspecified atom stereocenters. The predicted octanol–water partition coefficient (Wildman–Crippen LogP) is 11.1. The number of carboxylic acid groups (broad SMARTS) is 1. The molecule has 2 aliphatic heterocycles. The minimum absolute atomic E-state index is 0.00546. The Morgan fingerprint density at radius 2 is 0.911 bits per heavy atom. The number of carbonyl (C=O) groups excluding carboxylic acids is 9. The van der Waals surface area contributed by atoms with E-state index < -0.39 is 65.7 Å². The molecule has 4 fully saturated rings. The largest absolute Gasteiger partial charge is 0.481 e. The number of thiazole rings is 2. The third-order valence-electron chi connectivity index (χ3n) is 20.2. The van der Waals surface area contributed by atoms with Gasteiger partial charge in [-0.05, 0) is 153 Å². The Morgan fingerprint density at radius 3 is 1.24 bits per heavy atom. The molecule has 12 atom stereocenters. The van der Waals surface area contributed by atoms with E-state index in [1.807, 2.05) is 104 Å². The summed E-state index contributed by atoms with van der Waals surface area (Å²) >= 11 is 2.41. The molecular formula is C77H110N8O14S2. The molecule has 2 saturated heterocycles. The van der Waals surface area contributed by atoms with Gasteiger partial charge in [-0.2, -0.15) is 0 Å². The Balaban J connectivity index is 0.000000283. The summed E-state index contributed by atoms with van der Waals surface area (Å²) in [5, 5.41) is 26.1. The highest BCUT2D eigenvalue weighted by molar-refractivity contribution is 7.10. The Kier molecular flexibility index (Phi) is 31.2. The first kappa shape index (κ1) is 81.0. The highest BCUT2D eigenvalue weighted by atomic mass is 32.1. The average molecular weight is 1440 g/mol. The summed E-state index contributed by atoms with van der Waals surface area (Å²) < 4.78 is 16.4. The standard InChI is InChI=1S/C39H56N4O7S.C38H54N4O7S/c1-23(2)31(41-36(46)30(28-15-16-28)20-34(45)33-10-8-9-17-43(33)6)21-35(50-26(5)44)38-42-32(22-51-38)37(47)40-29(18-25(4)39(48)49-7)19-27-13-11-24(3)12-14-27;1-22(2)30(40-35(45)29(27-14-15-27)19-33(44)32-9-7-8-16-42(32)6)20-34(49-25(5)43)37-41-31(21-50-37)36(46)39-28(17-24(4)38(47)48)18-26-12-10-23(3)11-13-26/h11-14,22-23,25,28-31,33,35H,8-10,15-21H2,1-7H3,(H,40,47)(H,41,46);10-13,21-22,24,27-30,32,34H,7-9,14-20H2,1-6H3,(H,39,46)(H,40,45)(H,47,48)/t25-,29+,30-,31+,33+,35+;24-,28+,29-,30+,32+,34+/m00/s1. The number of hydrogen-bond acceptors (Lipinski definition) is 19. The van der Waals surface area contributed by atoms with Crippen LogP contribution >= 0.6 is 22.7 Å². The number of likely N-dealkylation sites (tertiary alicyclic amines) is 2. The normalized spacial score (nSPS) is 19.4. The van der Waals surface area contributed by atoms with E-state index in [4.69, 9.17) is 14.2 Å². The summed E-state index contributed by atoms with van der Waals surface area (Å²) in [5.41, 5.74) is 4.54. The average Bonchev–Trinajstić information content (AvgIpc) is 1.71. The van der Waals surface area contributed by atoms with Crippen LogP contribution < -0.4 is 21.3 Å². The Hall–Kier alpha value is -7.28. The predicted molar refractivity (Wildman–Crippen MR) is 388 cm³/mol. The van der Waals surface area contributed by atoms with E-state index in [-0.39, 0.29) is 133 Å². The number of carbonyl (C=O) groups is 10. The first-order valence-electron chi connectivity index (χ1n) is 36.3. The monoisotopic (exact) mass is 1430 g/mol. The summed E-state index contributed by atoms with van der Waals surface area (Å²) in [6.07, 6.45) is 10.6. The maximum Gasteiger partial charge on any atom is 0.308 e. The number of aromatic nitrogens is 2. The van der Waals surface area contributed by atoms with Crippen molar-refractivity contribution in [2.24, 2.45) is 47.3 Å². The molecule has 101 heavy (non-hydrogen) atoms. The van der Waals surface area contributed by atoms with Crippen molar-refractivity contribution in [2.45, 2.75) is 233 Å². The van der Waals surface area contributed by atoms with Crippen LogP contribution in [0.15, 0.2) is 59.3 Å². The third-order valence-corrected chi connectivity index (χ3v) is 22.1. The molecule has 2 aliphatic carbocycles. The number of aliphatic carboxylic acids is 1. The number of Topliss-reactive ketones (excluding diaryl/α,β-unsaturated/α-hetero) is 2. The number of nitrogens with zero attached hydrogens (tertiary/aromatic N) is 4. The van der Waals surface area contributed by atoms with Crippen LogP contribution in [0.1, 0.15) is 224 Å². The molecular weight excluding hydrogens is 1330 g/mol. The number of nitrogens with one attached hydrogen (secondary N) is 4. The van der Waals surface area contributed by atoms with Gasteiger partial charge in [-0.1, -0.05) is 114 Å². The van der Waals surface area contributed by atoms with Crippen LogP contribution in [-0.2, 0) is 65.4 Å². The van der Waals surface area contributed by atoms with Crippen LogP contribution in [0.4, 0.5) is 0 Å². The zero-order valence-corrected chi connectivity index (χ0v) is 63.1. The highest BCUT2D eigenvalue weighted by Crippen LogP contribution is 2.42. The summed E-state index contributed by atoms with van der Waals surface area (Å²) in [5.74, 6) is -4.66. The molecule has 24 heteroatoms. The number of rotatable bonds is 36. The first-order chi connectivity index (χ1) is 48.0. The van der Waals surface area contributed by atoms with Gasteiger partial charge in [0.25, 0.3) is 11.8 Å². The van der Waals surface area contributed by atoms with Crippen LogP contribution in [0.3, 0.4) is 0 Å². The molecule has 2 saturated carbocycles. The van der Waals surface area contributed by atoms with Gasteiger partial charge in [-0.15, -0.1) is 22.7 Å². The zero-order valence-electron chi connectivity index (χ0n) is 61.5. The van der Waals surface area contributed by atoms with Crippen LogP contribution in [-0.4, -0.2) is 154 Å². The third kappa shape index (κ3) is 25.6. The second-order valence-corrected chi connectivity index (χ2v) is 31.4. The van der Waals surface area contributed by atoms with Crippen molar-refractivity contribution in [3.8, 4) is 0 Å². The fourth-order valence-electron chi connectivity index (χ4n) is 13.7. The summed E-state index contributed by atoms with van der Waals surface area (Å²) in [6, 6.07) is 14.1. The molecule has 554 valence electrons. The molecule has 4 aliphatic rings. The van der Waals surface area contributed by atoms with Crippen molar-refractivity contribution in [3.05, 3.63) is 103 Å². The molecule has 4 heterocycles. The second kappa shape index (κ2) is 38.8. The molecule has 0 radical (unpaired) electrons. The van der Waals surface area contributed by atoms with Gasteiger partial charge in [0.1, 0.15) is 21.4 Å². The number of hydrogen-bond donors (Lipinski definition) is 5. The van der Waals surface area contributed by atoms with Gasteiger partial charge in [-0.3, -0.25) is 57.7 Å². The zero-order chi connectivity index (χ0) is 73.8. The van der Waals surface area contributed by atoms with E-state index in [2.05, 4.69) is 41.0 Å². The molecule has 5 N–H and O–H groups in total. The Labute approximate surface area is 604 Å². The minimum atomic E-state index is -0.938. The number of amides is 4. The lowest BCUT2D eigenvalue weighted by atomic mass is 9.89. The number of aryl methyl sites for hydroxylation is 2. The van der Waals surface area contributed by atoms with Gasteiger partial charge in [0.05, 0.1) is 31.0 Å². The topological polar surface area (TPSA) is 299 Å². The summed E-state index contributed by atoms with van der Waals surface area (Å²) in [6.45, 7) is 19.8. The van der Waals surface area contributed by atoms with Crippen molar-refractivity contribution in [1.82, 2.24) is 41.0 Å². The quantitative estimate of drug-likeness (QED) is 0.0209. The Morgan fingerprint density at radius 1 is 0.535 bits per heavy atom. The molecule has 22 nitrogen and oxygen atoms in total. The van der Waals surface area contributed by atoms with Crippen molar-refractivity contribution in [1.29, 1.82) is 0 Å². The van der Waals surface area contributed by atoms with E-state index in [1.54, 1.807) is 24.6 Å². The van der Waals surface area contributed by atoms with Crippen molar-refractivity contribution in [2.75, 3.05) is 34.3 Å². The van der Waals surface area contributed by atoms with Crippen LogP contribution in [0.5, 0.6) is 0 Å². The first-order valence-corrected chi connectivity index (χ1v) is 38.1. The number of methoxy groups -OCH3 is 1. The lowest BCUT2D eigenvalue weighted by Gasteiger charge is -2.32. The summed E-state index contributed by atoms with van der Waals surface area (Å²) in [7, 11) is 5.32. The maximum atomic E-state index is 13.8. The van der Waals surface area contributed by atoms with E-state index >= 15 is 0 Å². The Bertz CT molecular complexity index is 3440. The number of esters is 3. The molecule has 4 aromatic rings. The molecule has 0 spiro atoms. The lowest BCUT2D eigenvalue weighted by Crippen LogP contribution is -2.46. The van der Waals surface area contributed by atoms with Crippen molar-refractivity contribution < 1.29 is 67.3 Å². The number of ketones is 2. The maximum absolute atomic E-state index is 13.8. The number of piperidine rings is 2. The fraction of sp³-hybridized carbons (Fsp3) is 0.636. The SMILES string of the molecule is CC(=O)O[C@H](C[C@@H](NC(=O)[C@@H](CC(=O)[C@H]1CCCCN1C)C1CC1)C(C)C)c1nc(C(=O)N[C@@H](Cc2ccc(C)cc2)C[C@H](C)C(=O)O)cs1.COC(=O)[C@@H](C)C[C@H](Cc1ccc(C)cc1)NC(=O)c1csc([C@@H](C[C@@H](NC(=O)[C@@H](CC(=O)[C@H]2CCCCN2C)C2CC2)C(C)C)OC(C)=O)n1. The smallest absolute Gasteiger partial charge is 0.308 e. The van der Waals surface area contributed by atoms with Gasteiger partial charge in [0.15, 0.2) is 23.8 Å². The van der Waals surface area contributed by atoms with Crippen LogP contribution in [0.25, 0.3) is 0 Å². The highest BCUT2D eigenvalue weighted by Gasteiger charge is 2.43. The van der Waals surface area contributed by atoms with Crippen molar-refractivity contribution >= 4 is 81.7 Å². The van der Waals surface area contributed by atoms with E-state index in [0.717, 1.165) is 99.6 Å². The second-order valence-electron chi connectivity index (χ2n) is 29.6. The van der Waals surface area contributed by atoms with Crippen molar-refractivity contribution in [3.63, 3.8) is 0 Å². The van der Waals surface area contributed by atoms with Gasteiger partial charge in [0, 0.05) is 86.3 Å². The molecule has 2 aromatic carbocycles. The van der Waals surface area contributed by atoms with Gasteiger partial charge in [-0.25, -0.2) is 9.97 Å². The van der Waals surface area contributed by atoms with E-state index in [1.165, 1.54) is 43.6 Å². The number of ether oxygens (including phenoxy) is 3. The lowest BCUT2D eigenvalue weighted by molar-refractivity contribution is -0.148. The number of benzene rings is 2. The van der Waals surface area contributed by atoms with Gasteiger partial charge < -0.3 is 40.6 Å². The van der Waals surface area contributed by atoms with E-state index in [9.17, 15) is 53.1 Å². The molecule has 0 bridgehead atoms. The van der Waals surface area contributed by atoms with Crippen LogP contribution in [0, 0.1) is 61.2 Å². The number of carboxylic acids is 1. The fourth-order valence-corrected chi connectivity index (χ4v) is 15.4. The molecule has 4 amide bonds. The molecule has 8 rings (SSSR count). The minimum Gasteiger partial charge on any atom is -0.481 e.